The molecule has 130 valence electrons. The predicted octanol–water partition coefficient (Wildman–Crippen LogP) is 7.51. The summed E-state index contributed by atoms with van der Waals surface area (Å²) in [6, 6.07) is 21.7. The van der Waals surface area contributed by atoms with Gasteiger partial charge in [0.1, 0.15) is 0 Å². The van der Waals surface area contributed by atoms with Gasteiger partial charge >= 0.3 is 0 Å². The topological polar surface area (TPSA) is 0 Å². The fourth-order valence-corrected chi connectivity index (χ4v) is 3.47. The maximum absolute atomic E-state index is 3.87. The molecule has 26 heavy (non-hydrogen) atoms. The molecule has 0 saturated heterocycles. The van der Waals surface area contributed by atoms with Gasteiger partial charge in [-0.15, -0.1) is 11.8 Å². The van der Waals surface area contributed by atoms with Crippen LogP contribution in [0.15, 0.2) is 72.1 Å². The highest BCUT2D eigenvalue weighted by Crippen LogP contribution is 2.28. The summed E-state index contributed by atoms with van der Waals surface area (Å²) in [4.78, 5) is 1.29. The molecule has 0 aliphatic rings. The molecule has 1 heteroatoms. The molecule has 0 bridgehead atoms. The summed E-state index contributed by atoms with van der Waals surface area (Å²) in [5, 5.41) is 0. The first-order chi connectivity index (χ1) is 12.6. The molecule has 0 spiro atoms. The minimum Gasteiger partial charge on any atom is -0.130 e. The quantitative estimate of drug-likeness (QED) is 0.337. The standard InChI is InChI=1S/C25H24S/c1-5-20-10-9-18(2)23(17-20)12-11-21-7-6-8-25(19(21)3)22-13-15-24(26-4)16-14-22/h5-17H,1H2,2-4H3/b12-11+. The summed E-state index contributed by atoms with van der Waals surface area (Å²) in [6.07, 6.45) is 8.41. The molecule has 3 aromatic rings. The molecule has 0 unspecified atom stereocenters. The zero-order valence-electron chi connectivity index (χ0n) is 15.6. The third-order valence-corrected chi connectivity index (χ3v) is 5.50. The fourth-order valence-electron chi connectivity index (χ4n) is 3.06. The molecular weight excluding hydrogens is 332 g/mol. The van der Waals surface area contributed by atoms with Gasteiger partial charge in [-0.2, -0.15) is 0 Å². The minimum absolute atomic E-state index is 1.15. The Labute approximate surface area is 161 Å². The Balaban J connectivity index is 1.95. The van der Waals surface area contributed by atoms with Crippen molar-refractivity contribution in [3.8, 4) is 11.1 Å². The number of thioether (sulfide) groups is 1. The average Bonchev–Trinajstić information content (AvgIpc) is 2.68. The van der Waals surface area contributed by atoms with Crippen molar-refractivity contribution in [2.75, 3.05) is 6.26 Å². The second kappa shape index (κ2) is 8.25. The molecule has 0 saturated carbocycles. The lowest BCUT2D eigenvalue weighted by Gasteiger charge is -2.10. The molecule has 3 aromatic carbocycles. The number of hydrogen-bond donors (Lipinski definition) is 0. The second-order valence-electron chi connectivity index (χ2n) is 6.40. The van der Waals surface area contributed by atoms with Crippen LogP contribution in [0.25, 0.3) is 29.4 Å². The largest absolute Gasteiger partial charge is 0.130 e. The maximum Gasteiger partial charge on any atom is 0.00695 e. The lowest BCUT2D eigenvalue weighted by molar-refractivity contribution is 1.41. The van der Waals surface area contributed by atoms with E-state index in [2.05, 4.69) is 99.5 Å². The van der Waals surface area contributed by atoms with Crippen LogP contribution in [-0.2, 0) is 0 Å². The van der Waals surface area contributed by atoms with Gasteiger partial charge in [0.25, 0.3) is 0 Å². The van der Waals surface area contributed by atoms with Gasteiger partial charge in [-0.25, -0.2) is 0 Å². The van der Waals surface area contributed by atoms with Crippen molar-refractivity contribution >= 4 is 30.0 Å². The Hall–Kier alpha value is -2.51. The summed E-state index contributed by atoms with van der Waals surface area (Å²) in [5.74, 6) is 0. The Kier molecular flexibility index (Phi) is 5.80. The van der Waals surface area contributed by atoms with E-state index in [0.29, 0.717) is 0 Å². The van der Waals surface area contributed by atoms with Crippen LogP contribution in [0.5, 0.6) is 0 Å². The first-order valence-electron chi connectivity index (χ1n) is 8.77. The van der Waals surface area contributed by atoms with Crippen LogP contribution in [0.4, 0.5) is 0 Å². The van der Waals surface area contributed by atoms with Gasteiger partial charge in [-0.05, 0) is 77.2 Å². The molecule has 0 nitrogen and oxygen atoms in total. The van der Waals surface area contributed by atoms with Gasteiger partial charge in [0.15, 0.2) is 0 Å². The van der Waals surface area contributed by atoms with Crippen LogP contribution in [0.1, 0.15) is 27.8 Å². The molecule has 0 radical (unpaired) electrons. The van der Waals surface area contributed by atoms with Crippen molar-refractivity contribution in [2.24, 2.45) is 0 Å². The van der Waals surface area contributed by atoms with Crippen molar-refractivity contribution in [2.45, 2.75) is 18.7 Å². The average molecular weight is 357 g/mol. The van der Waals surface area contributed by atoms with Gasteiger partial charge in [0.2, 0.25) is 0 Å². The Morgan fingerprint density at radius 3 is 2.27 bits per heavy atom. The highest BCUT2D eigenvalue weighted by Gasteiger charge is 2.05. The van der Waals surface area contributed by atoms with Crippen molar-refractivity contribution in [3.05, 3.63) is 95.1 Å². The van der Waals surface area contributed by atoms with E-state index in [9.17, 15) is 0 Å². The second-order valence-corrected chi connectivity index (χ2v) is 7.28. The highest BCUT2D eigenvalue weighted by atomic mass is 32.2. The normalized spacial score (nSPS) is 11.0. The van der Waals surface area contributed by atoms with Crippen molar-refractivity contribution in [3.63, 3.8) is 0 Å². The van der Waals surface area contributed by atoms with Gasteiger partial charge in [-0.3, -0.25) is 0 Å². The Bertz CT molecular complexity index is 946. The van der Waals surface area contributed by atoms with E-state index in [1.165, 1.54) is 38.3 Å². The molecule has 3 rings (SSSR count). The van der Waals surface area contributed by atoms with Crippen LogP contribution in [0.3, 0.4) is 0 Å². The Morgan fingerprint density at radius 2 is 1.58 bits per heavy atom. The molecule has 0 aliphatic carbocycles. The van der Waals surface area contributed by atoms with Crippen molar-refractivity contribution in [1.82, 2.24) is 0 Å². The Morgan fingerprint density at radius 1 is 0.846 bits per heavy atom. The van der Waals surface area contributed by atoms with Crippen LogP contribution < -0.4 is 0 Å². The van der Waals surface area contributed by atoms with Crippen LogP contribution >= 0.6 is 11.8 Å². The molecule has 0 aromatic heterocycles. The van der Waals surface area contributed by atoms with Gasteiger partial charge in [0, 0.05) is 4.90 Å². The molecule has 0 amide bonds. The highest BCUT2D eigenvalue weighted by molar-refractivity contribution is 7.98. The zero-order chi connectivity index (χ0) is 18.5. The molecule has 0 N–H and O–H groups in total. The zero-order valence-corrected chi connectivity index (χ0v) is 16.4. The first-order valence-corrected chi connectivity index (χ1v) is 10.00. The van der Waals surface area contributed by atoms with Crippen LogP contribution in [-0.4, -0.2) is 6.26 Å². The van der Waals surface area contributed by atoms with Gasteiger partial charge in [0.05, 0.1) is 0 Å². The number of hydrogen-bond acceptors (Lipinski definition) is 1. The summed E-state index contributed by atoms with van der Waals surface area (Å²) in [7, 11) is 0. The lowest BCUT2D eigenvalue weighted by atomic mass is 9.95. The molecule has 0 atom stereocenters. The van der Waals surface area contributed by atoms with E-state index in [1.54, 1.807) is 11.8 Å². The van der Waals surface area contributed by atoms with Crippen LogP contribution in [0.2, 0.25) is 0 Å². The van der Waals surface area contributed by atoms with Crippen LogP contribution in [0, 0.1) is 13.8 Å². The predicted molar refractivity (Wildman–Crippen MR) is 119 cm³/mol. The summed E-state index contributed by atoms with van der Waals surface area (Å²) >= 11 is 1.77. The third kappa shape index (κ3) is 4.00. The van der Waals surface area contributed by atoms with E-state index in [4.69, 9.17) is 0 Å². The molecule has 0 heterocycles. The number of aryl methyl sites for hydroxylation is 1. The van der Waals surface area contributed by atoms with Crippen molar-refractivity contribution < 1.29 is 0 Å². The SMILES string of the molecule is C=Cc1ccc(C)c(/C=C/c2cccc(-c3ccc(SC)cc3)c2C)c1. The number of benzene rings is 3. The monoisotopic (exact) mass is 356 g/mol. The third-order valence-electron chi connectivity index (χ3n) is 4.76. The summed E-state index contributed by atoms with van der Waals surface area (Å²) in [5.41, 5.74) is 8.76. The summed E-state index contributed by atoms with van der Waals surface area (Å²) in [6.45, 7) is 8.21. The minimum atomic E-state index is 1.15. The van der Waals surface area contributed by atoms with Gasteiger partial charge in [-0.1, -0.05) is 67.3 Å². The first kappa shape index (κ1) is 18.3. The number of rotatable bonds is 5. The molecule has 0 aliphatic heterocycles. The summed E-state index contributed by atoms with van der Waals surface area (Å²) < 4.78 is 0. The van der Waals surface area contributed by atoms with E-state index in [0.717, 1.165) is 5.56 Å². The maximum atomic E-state index is 3.87. The fraction of sp³-hybridized carbons (Fsp3) is 0.120. The van der Waals surface area contributed by atoms with E-state index < -0.39 is 0 Å². The van der Waals surface area contributed by atoms with Gasteiger partial charge < -0.3 is 0 Å². The van der Waals surface area contributed by atoms with E-state index in [-0.39, 0.29) is 0 Å². The molecular formula is C25H24S. The molecule has 0 fully saturated rings. The van der Waals surface area contributed by atoms with E-state index >= 15 is 0 Å². The lowest BCUT2D eigenvalue weighted by Crippen LogP contribution is -1.88. The van der Waals surface area contributed by atoms with Crippen molar-refractivity contribution in [1.29, 1.82) is 0 Å². The smallest absolute Gasteiger partial charge is 0.00695 e. The van der Waals surface area contributed by atoms with E-state index in [1.807, 2.05) is 6.08 Å².